The van der Waals surface area contributed by atoms with Gasteiger partial charge in [0.15, 0.2) is 0 Å². The molecule has 0 bridgehead atoms. The first-order valence-electron chi connectivity index (χ1n) is 6.23. The molecule has 0 fully saturated rings. The lowest BCUT2D eigenvalue weighted by Crippen LogP contribution is -2.29. The second kappa shape index (κ2) is 7.00. The highest BCUT2D eigenvalue weighted by atomic mass is 35.5. The fourth-order valence-corrected chi connectivity index (χ4v) is 2.42. The van der Waals surface area contributed by atoms with Gasteiger partial charge in [0.25, 0.3) is 0 Å². The molecule has 0 saturated heterocycles. The molecule has 1 unspecified atom stereocenters. The summed E-state index contributed by atoms with van der Waals surface area (Å²) in [7, 11) is 3.20. The van der Waals surface area contributed by atoms with Crippen molar-refractivity contribution < 1.29 is 9.47 Å². The second-order valence-corrected chi connectivity index (χ2v) is 5.20. The first-order chi connectivity index (χ1) is 10.1. The number of hydrazine groups is 1. The molecule has 0 amide bonds. The van der Waals surface area contributed by atoms with Crippen LogP contribution in [0.1, 0.15) is 17.2 Å². The minimum Gasteiger partial charge on any atom is -0.497 e. The van der Waals surface area contributed by atoms with Crippen molar-refractivity contribution in [1.82, 2.24) is 5.43 Å². The van der Waals surface area contributed by atoms with Crippen LogP contribution in [0.4, 0.5) is 0 Å². The molecule has 0 aromatic heterocycles. The smallest absolute Gasteiger partial charge is 0.127 e. The predicted molar refractivity (Wildman–Crippen MR) is 85.2 cm³/mol. The zero-order valence-corrected chi connectivity index (χ0v) is 13.2. The average Bonchev–Trinajstić information content (AvgIpc) is 2.51. The highest BCUT2D eigenvalue weighted by molar-refractivity contribution is 6.42. The molecule has 0 aliphatic carbocycles. The van der Waals surface area contributed by atoms with Crippen molar-refractivity contribution in [3.8, 4) is 11.5 Å². The third-order valence-electron chi connectivity index (χ3n) is 3.20. The maximum absolute atomic E-state index is 6.07. The Morgan fingerprint density at radius 2 is 1.76 bits per heavy atom. The summed E-state index contributed by atoms with van der Waals surface area (Å²) in [5, 5.41) is 0.972. The summed E-state index contributed by atoms with van der Waals surface area (Å²) in [6.07, 6.45) is 0. The molecular formula is C15H16Cl2N2O2. The predicted octanol–water partition coefficient (Wildman–Crippen LogP) is 3.56. The Labute approximate surface area is 133 Å². The molecule has 0 spiro atoms. The van der Waals surface area contributed by atoms with Crippen LogP contribution in [0.3, 0.4) is 0 Å². The summed E-state index contributed by atoms with van der Waals surface area (Å²) in [6, 6.07) is 10.6. The van der Waals surface area contributed by atoms with E-state index in [0.717, 1.165) is 11.1 Å². The SMILES string of the molecule is COc1ccc(C(NN)c2ccc(Cl)c(Cl)c2)c(OC)c1. The van der Waals surface area contributed by atoms with Crippen LogP contribution >= 0.6 is 23.2 Å². The molecule has 0 saturated carbocycles. The molecule has 4 nitrogen and oxygen atoms in total. The van der Waals surface area contributed by atoms with E-state index in [4.69, 9.17) is 38.5 Å². The molecule has 112 valence electrons. The third kappa shape index (κ3) is 3.41. The Morgan fingerprint density at radius 1 is 1.00 bits per heavy atom. The lowest BCUT2D eigenvalue weighted by Gasteiger charge is -2.20. The summed E-state index contributed by atoms with van der Waals surface area (Å²) in [5.74, 6) is 7.08. The number of methoxy groups -OCH3 is 2. The van der Waals surface area contributed by atoms with Gasteiger partial charge in [0.05, 0.1) is 30.3 Å². The van der Waals surface area contributed by atoms with Crippen LogP contribution in [0.15, 0.2) is 36.4 Å². The Balaban J connectivity index is 2.47. The van der Waals surface area contributed by atoms with Crippen molar-refractivity contribution in [2.75, 3.05) is 14.2 Å². The summed E-state index contributed by atoms with van der Waals surface area (Å²) in [6.45, 7) is 0. The van der Waals surface area contributed by atoms with E-state index in [1.165, 1.54) is 0 Å². The standard InChI is InChI=1S/C15H16Cl2N2O2/c1-20-10-4-5-11(14(8-10)21-2)15(19-18)9-3-6-12(16)13(17)7-9/h3-8,15,19H,18H2,1-2H3. The number of nitrogens with two attached hydrogens (primary N) is 1. The number of ether oxygens (including phenoxy) is 2. The molecule has 0 radical (unpaired) electrons. The van der Waals surface area contributed by atoms with Gasteiger partial charge < -0.3 is 9.47 Å². The zero-order valence-electron chi connectivity index (χ0n) is 11.7. The van der Waals surface area contributed by atoms with E-state index in [-0.39, 0.29) is 6.04 Å². The first-order valence-corrected chi connectivity index (χ1v) is 6.99. The van der Waals surface area contributed by atoms with E-state index < -0.39 is 0 Å². The number of benzene rings is 2. The van der Waals surface area contributed by atoms with E-state index in [0.29, 0.717) is 21.5 Å². The van der Waals surface area contributed by atoms with Gasteiger partial charge in [-0.15, -0.1) is 0 Å². The van der Waals surface area contributed by atoms with Crippen LogP contribution in [0.2, 0.25) is 10.0 Å². The van der Waals surface area contributed by atoms with Gasteiger partial charge in [0.1, 0.15) is 11.5 Å². The minimum atomic E-state index is -0.277. The van der Waals surface area contributed by atoms with Crippen molar-refractivity contribution in [1.29, 1.82) is 0 Å². The van der Waals surface area contributed by atoms with E-state index in [1.54, 1.807) is 32.4 Å². The number of nitrogens with one attached hydrogen (secondary N) is 1. The quantitative estimate of drug-likeness (QED) is 0.651. The maximum atomic E-state index is 6.07. The van der Waals surface area contributed by atoms with Crippen molar-refractivity contribution in [2.24, 2.45) is 5.84 Å². The van der Waals surface area contributed by atoms with Crippen LogP contribution in [-0.2, 0) is 0 Å². The highest BCUT2D eigenvalue weighted by Gasteiger charge is 2.18. The fourth-order valence-electron chi connectivity index (χ4n) is 2.11. The van der Waals surface area contributed by atoms with E-state index in [1.807, 2.05) is 18.2 Å². The van der Waals surface area contributed by atoms with Crippen molar-refractivity contribution >= 4 is 23.2 Å². The molecular weight excluding hydrogens is 311 g/mol. The Kier molecular flexibility index (Phi) is 5.31. The Hall–Kier alpha value is -1.46. The molecule has 0 aliphatic rings. The van der Waals surface area contributed by atoms with Gasteiger partial charge in [-0.05, 0) is 29.8 Å². The lowest BCUT2D eigenvalue weighted by atomic mass is 9.98. The topological polar surface area (TPSA) is 56.5 Å². The van der Waals surface area contributed by atoms with E-state index in [9.17, 15) is 0 Å². The van der Waals surface area contributed by atoms with Crippen LogP contribution in [-0.4, -0.2) is 14.2 Å². The molecule has 0 heterocycles. The number of hydrogen-bond donors (Lipinski definition) is 2. The summed E-state index contributed by atoms with van der Waals surface area (Å²) in [4.78, 5) is 0. The van der Waals surface area contributed by atoms with Gasteiger partial charge in [0.2, 0.25) is 0 Å². The monoisotopic (exact) mass is 326 g/mol. The molecule has 3 N–H and O–H groups in total. The molecule has 0 aliphatic heterocycles. The van der Waals surface area contributed by atoms with Crippen LogP contribution in [0.5, 0.6) is 11.5 Å². The van der Waals surface area contributed by atoms with Crippen molar-refractivity contribution in [3.63, 3.8) is 0 Å². The van der Waals surface area contributed by atoms with E-state index >= 15 is 0 Å². The molecule has 21 heavy (non-hydrogen) atoms. The molecule has 1 atom stereocenters. The van der Waals surface area contributed by atoms with Gasteiger partial charge in [-0.3, -0.25) is 5.84 Å². The van der Waals surface area contributed by atoms with Gasteiger partial charge >= 0.3 is 0 Å². The summed E-state index contributed by atoms with van der Waals surface area (Å²) >= 11 is 12.0. The fraction of sp³-hybridized carbons (Fsp3) is 0.200. The van der Waals surface area contributed by atoms with Crippen LogP contribution < -0.4 is 20.7 Å². The van der Waals surface area contributed by atoms with Crippen molar-refractivity contribution in [2.45, 2.75) is 6.04 Å². The highest BCUT2D eigenvalue weighted by Crippen LogP contribution is 2.34. The number of halogens is 2. The largest absolute Gasteiger partial charge is 0.497 e. The van der Waals surface area contributed by atoms with Crippen molar-refractivity contribution in [3.05, 3.63) is 57.6 Å². The third-order valence-corrected chi connectivity index (χ3v) is 3.93. The molecule has 2 rings (SSSR count). The Bertz CT molecular complexity index is 635. The minimum absolute atomic E-state index is 0.277. The van der Waals surface area contributed by atoms with Crippen LogP contribution in [0.25, 0.3) is 0 Å². The summed E-state index contributed by atoms with van der Waals surface area (Å²) < 4.78 is 10.6. The van der Waals surface area contributed by atoms with Gasteiger partial charge in [0, 0.05) is 11.6 Å². The molecule has 2 aromatic rings. The molecule has 6 heteroatoms. The van der Waals surface area contributed by atoms with Gasteiger partial charge in [-0.25, -0.2) is 5.43 Å². The zero-order chi connectivity index (χ0) is 15.4. The first kappa shape index (κ1) is 15.9. The summed E-state index contributed by atoms with van der Waals surface area (Å²) in [5.41, 5.74) is 4.53. The Morgan fingerprint density at radius 3 is 2.33 bits per heavy atom. The van der Waals surface area contributed by atoms with Crippen LogP contribution in [0, 0.1) is 0 Å². The normalized spacial score (nSPS) is 12.0. The molecule has 2 aromatic carbocycles. The number of rotatable bonds is 5. The lowest BCUT2D eigenvalue weighted by molar-refractivity contribution is 0.387. The van der Waals surface area contributed by atoms with E-state index in [2.05, 4.69) is 5.43 Å². The number of hydrogen-bond acceptors (Lipinski definition) is 4. The average molecular weight is 327 g/mol. The maximum Gasteiger partial charge on any atom is 0.127 e. The second-order valence-electron chi connectivity index (χ2n) is 4.38. The van der Waals surface area contributed by atoms with Gasteiger partial charge in [-0.1, -0.05) is 29.3 Å². The van der Waals surface area contributed by atoms with Gasteiger partial charge in [-0.2, -0.15) is 0 Å².